The van der Waals surface area contributed by atoms with Crippen molar-refractivity contribution in [1.29, 1.82) is 0 Å². The van der Waals surface area contributed by atoms with Gasteiger partial charge in [0.05, 0.1) is 0 Å². The molecule has 2 aromatic carbocycles. The highest BCUT2D eigenvalue weighted by Gasteiger charge is 2.34. The molecule has 1 aromatic heterocycles. The molecule has 0 bridgehead atoms. The Morgan fingerprint density at radius 2 is 1.81 bits per heavy atom. The van der Waals surface area contributed by atoms with Gasteiger partial charge in [-0.15, -0.1) is 0 Å². The van der Waals surface area contributed by atoms with E-state index in [9.17, 15) is 29.4 Å². The molecule has 11 nitrogen and oxygen atoms in total. The van der Waals surface area contributed by atoms with Gasteiger partial charge >= 0.3 is 5.69 Å². The third-order valence-corrected chi connectivity index (χ3v) is 6.59. The van der Waals surface area contributed by atoms with Gasteiger partial charge in [-0.1, -0.05) is 41.6 Å². The Hall–Kier alpha value is -4.32. The molecule has 1 saturated heterocycles. The van der Waals surface area contributed by atoms with Crippen molar-refractivity contribution in [3.63, 3.8) is 0 Å². The predicted octanol–water partition coefficient (Wildman–Crippen LogP) is 1.80. The van der Waals surface area contributed by atoms with Gasteiger partial charge in [0.2, 0.25) is 17.7 Å². The summed E-state index contributed by atoms with van der Waals surface area (Å²) >= 11 is 1.01. The lowest BCUT2D eigenvalue weighted by molar-refractivity contribution is -0.122. The van der Waals surface area contributed by atoms with Crippen LogP contribution in [0.15, 0.2) is 57.0 Å². The van der Waals surface area contributed by atoms with Gasteiger partial charge < -0.3 is 20.8 Å². The number of carbonyl (C=O) groups excluding carboxylic acids is 2. The zero-order valence-corrected chi connectivity index (χ0v) is 20.1. The highest BCUT2D eigenvalue weighted by atomic mass is 32.2. The number of phenolic OH excluding ortho intramolecular Hbond substituents is 1. The number of aromatic amines is 2. The summed E-state index contributed by atoms with van der Waals surface area (Å²) in [5, 5.41) is 24.7. The average Bonchev–Trinajstić information content (AvgIpc) is 3.13. The number of aryl methyl sites for hydroxylation is 2. The first-order chi connectivity index (χ1) is 17.1. The molecular weight excluding hydrogens is 486 g/mol. The number of carbonyl (C=O) groups is 2. The van der Waals surface area contributed by atoms with Gasteiger partial charge in [-0.3, -0.25) is 24.4 Å². The molecule has 6 N–H and O–H groups in total. The van der Waals surface area contributed by atoms with Crippen LogP contribution in [0, 0.1) is 13.8 Å². The van der Waals surface area contributed by atoms with E-state index in [0.29, 0.717) is 11.3 Å². The minimum atomic E-state index is -1.13. The quantitative estimate of drug-likeness (QED) is 0.293. The van der Waals surface area contributed by atoms with Crippen molar-refractivity contribution < 1.29 is 19.8 Å². The van der Waals surface area contributed by atoms with Crippen LogP contribution < -0.4 is 21.9 Å². The van der Waals surface area contributed by atoms with Gasteiger partial charge in [-0.2, -0.15) is 0 Å². The molecule has 0 unspecified atom stereocenters. The summed E-state index contributed by atoms with van der Waals surface area (Å²) in [7, 11) is 0. The Morgan fingerprint density at radius 3 is 2.47 bits per heavy atom. The molecule has 1 fully saturated rings. The minimum Gasteiger partial charge on any atom is -0.508 e. The molecule has 0 aliphatic carbocycles. The van der Waals surface area contributed by atoms with Crippen LogP contribution in [-0.4, -0.2) is 42.4 Å². The lowest BCUT2D eigenvalue weighted by Gasteiger charge is -2.14. The van der Waals surface area contributed by atoms with E-state index >= 15 is 0 Å². The largest absolute Gasteiger partial charge is 0.508 e. The Labute approximate surface area is 208 Å². The van der Waals surface area contributed by atoms with Crippen LogP contribution >= 0.6 is 11.8 Å². The molecule has 186 valence electrons. The summed E-state index contributed by atoms with van der Waals surface area (Å²) in [6.45, 7) is 3.83. The first-order valence-corrected chi connectivity index (χ1v) is 11.8. The van der Waals surface area contributed by atoms with Crippen molar-refractivity contribution in [1.82, 2.24) is 15.3 Å². The van der Waals surface area contributed by atoms with Crippen LogP contribution in [-0.2, 0) is 9.59 Å². The third kappa shape index (κ3) is 5.49. The SMILES string of the molecule is Cc1ccc(NC(=O)C[C@@H]2SC(=N[C@H](c3ccc(O)cc3)c3c(O)[nH]c(=O)[nH]c3=O)NC2=O)c(C)c1. The van der Waals surface area contributed by atoms with Gasteiger partial charge in [0.25, 0.3) is 5.56 Å². The molecular formula is C24H23N5O6S. The Bertz CT molecular complexity index is 1480. The fourth-order valence-electron chi connectivity index (χ4n) is 3.74. The van der Waals surface area contributed by atoms with Gasteiger partial charge in [-0.25, -0.2) is 9.79 Å². The normalized spacial score (nSPS) is 17.1. The maximum Gasteiger partial charge on any atom is 0.328 e. The summed E-state index contributed by atoms with van der Waals surface area (Å²) in [4.78, 5) is 57.8. The van der Waals surface area contributed by atoms with Crippen molar-refractivity contribution in [2.24, 2.45) is 4.99 Å². The van der Waals surface area contributed by atoms with E-state index in [1.807, 2.05) is 31.0 Å². The van der Waals surface area contributed by atoms with E-state index in [4.69, 9.17) is 0 Å². The Morgan fingerprint density at radius 1 is 1.08 bits per heavy atom. The van der Waals surface area contributed by atoms with Crippen molar-refractivity contribution in [2.75, 3.05) is 5.32 Å². The zero-order chi connectivity index (χ0) is 26.0. The highest BCUT2D eigenvalue weighted by Crippen LogP contribution is 2.32. The number of nitrogens with one attached hydrogen (secondary N) is 4. The fourth-order valence-corrected chi connectivity index (χ4v) is 4.74. The second-order valence-corrected chi connectivity index (χ2v) is 9.46. The number of amides is 2. The lowest BCUT2D eigenvalue weighted by atomic mass is 10.0. The van der Waals surface area contributed by atoms with E-state index in [1.165, 1.54) is 24.3 Å². The zero-order valence-electron chi connectivity index (χ0n) is 19.3. The molecule has 36 heavy (non-hydrogen) atoms. The molecule has 2 atom stereocenters. The molecule has 0 spiro atoms. The van der Waals surface area contributed by atoms with Crippen molar-refractivity contribution >= 4 is 34.4 Å². The number of hydrogen-bond acceptors (Lipinski definition) is 8. The Kier molecular flexibility index (Phi) is 6.97. The lowest BCUT2D eigenvalue weighted by Crippen LogP contribution is -2.29. The molecule has 3 aromatic rings. The highest BCUT2D eigenvalue weighted by molar-refractivity contribution is 8.15. The fraction of sp³-hybridized carbons (Fsp3) is 0.208. The monoisotopic (exact) mass is 509 g/mol. The number of aliphatic imine (C=N–C) groups is 1. The second-order valence-electron chi connectivity index (χ2n) is 8.27. The summed E-state index contributed by atoms with van der Waals surface area (Å²) in [6.07, 6.45) is -0.114. The number of H-pyrrole nitrogens is 2. The number of aromatic nitrogens is 2. The number of benzene rings is 2. The maximum absolute atomic E-state index is 12.6. The molecule has 0 radical (unpaired) electrons. The number of aromatic hydroxyl groups is 2. The first-order valence-electron chi connectivity index (χ1n) is 10.9. The molecule has 2 heterocycles. The predicted molar refractivity (Wildman–Crippen MR) is 135 cm³/mol. The van der Waals surface area contributed by atoms with E-state index in [-0.39, 0.29) is 28.8 Å². The van der Waals surface area contributed by atoms with Gasteiger partial charge in [-0.05, 0) is 43.2 Å². The molecule has 12 heteroatoms. The van der Waals surface area contributed by atoms with E-state index in [1.54, 1.807) is 6.07 Å². The molecule has 1 aliphatic rings. The van der Waals surface area contributed by atoms with Gasteiger partial charge in [0.15, 0.2) is 5.17 Å². The standard InChI is InChI=1S/C24H23N5O6S/c1-11-3-8-15(12(2)9-11)25-17(31)10-16-20(32)29-24(36-16)26-19(13-4-6-14(30)7-5-13)18-21(33)27-23(35)28-22(18)34/h3-9,16,19,30H,10H2,1-2H3,(H,25,31)(H,26,29,32)(H3,27,28,33,34,35)/t16-,19+/m0/s1. The Balaban J connectivity index is 1.58. The summed E-state index contributed by atoms with van der Waals surface area (Å²) in [5.41, 5.74) is 1.01. The van der Waals surface area contributed by atoms with Crippen LogP contribution in [0.2, 0.25) is 0 Å². The van der Waals surface area contributed by atoms with Crippen LogP contribution in [0.4, 0.5) is 5.69 Å². The number of hydrogen-bond donors (Lipinski definition) is 6. The van der Waals surface area contributed by atoms with E-state index in [2.05, 4.69) is 20.6 Å². The first kappa shape index (κ1) is 24.8. The maximum atomic E-state index is 12.6. The number of thioether (sulfide) groups is 1. The molecule has 1 aliphatic heterocycles. The topological polar surface area (TPSA) is 177 Å². The number of amidine groups is 1. The molecule has 0 saturated carbocycles. The van der Waals surface area contributed by atoms with Gasteiger partial charge in [0, 0.05) is 12.1 Å². The van der Waals surface area contributed by atoms with Crippen molar-refractivity contribution in [3.8, 4) is 11.6 Å². The van der Waals surface area contributed by atoms with Crippen LogP contribution in [0.3, 0.4) is 0 Å². The summed E-state index contributed by atoms with van der Waals surface area (Å²) < 4.78 is 0. The average molecular weight is 510 g/mol. The van der Waals surface area contributed by atoms with Gasteiger partial charge in [0.1, 0.15) is 22.6 Å². The van der Waals surface area contributed by atoms with Crippen molar-refractivity contribution in [2.45, 2.75) is 31.6 Å². The smallest absolute Gasteiger partial charge is 0.328 e. The number of anilines is 1. The van der Waals surface area contributed by atoms with Crippen LogP contribution in [0.1, 0.15) is 34.7 Å². The second kappa shape index (κ2) is 10.1. The molecule has 2 amide bonds. The van der Waals surface area contributed by atoms with Crippen LogP contribution in [0.25, 0.3) is 0 Å². The van der Waals surface area contributed by atoms with Crippen LogP contribution in [0.5, 0.6) is 11.6 Å². The van der Waals surface area contributed by atoms with E-state index < -0.39 is 34.3 Å². The minimum absolute atomic E-state index is 0.0248. The number of phenols is 1. The third-order valence-electron chi connectivity index (χ3n) is 5.49. The van der Waals surface area contributed by atoms with E-state index in [0.717, 1.165) is 22.9 Å². The number of rotatable bonds is 6. The summed E-state index contributed by atoms with van der Waals surface area (Å²) in [6, 6.07) is 10.2. The molecule has 4 rings (SSSR count). The number of nitrogens with zero attached hydrogens (tertiary/aromatic N) is 1. The van der Waals surface area contributed by atoms with Crippen molar-refractivity contribution in [3.05, 3.63) is 85.6 Å². The summed E-state index contributed by atoms with van der Waals surface area (Å²) in [5.74, 6) is -1.48.